The molecule has 2 aliphatic rings. The fraction of sp³-hybridized carbons (Fsp3) is 0.522. The van der Waals surface area contributed by atoms with E-state index in [9.17, 15) is 17.6 Å². The monoisotopic (exact) mass is 475 g/mol. The predicted octanol–water partition coefficient (Wildman–Crippen LogP) is 2.57. The number of carbonyl (C=O) groups excluding carboxylic acids is 1. The Labute approximate surface area is 194 Å². The molecule has 2 aromatic rings. The van der Waals surface area contributed by atoms with Crippen LogP contribution >= 0.6 is 0 Å². The van der Waals surface area contributed by atoms with E-state index < -0.39 is 21.7 Å². The van der Waals surface area contributed by atoms with Crippen LogP contribution in [-0.2, 0) is 21.1 Å². The SMILES string of the molecule is CCc1cnc(N2CCC(N3CCC(Nc4cc(C)c(S(C)(=O)=O)cc4F)C3=O)CC2)cn1. The summed E-state index contributed by atoms with van der Waals surface area (Å²) in [6.45, 7) is 5.89. The normalized spacial score (nSPS) is 19.9. The summed E-state index contributed by atoms with van der Waals surface area (Å²) in [5, 5.41) is 3.00. The van der Waals surface area contributed by atoms with E-state index in [0.717, 1.165) is 56.2 Å². The fourth-order valence-corrected chi connectivity index (χ4v) is 5.62. The number of likely N-dealkylation sites (tertiary alicyclic amines) is 1. The molecule has 1 amide bonds. The topological polar surface area (TPSA) is 95.5 Å². The molecule has 1 aromatic carbocycles. The van der Waals surface area contributed by atoms with Gasteiger partial charge in [-0.25, -0.2) is 17.8 Å². The van der Waals surface area contributed by atoms with Gasteiger partial charge < -0.3 is 15.1 Å². The standard InChI is InChI=1S/C23H30FN5O3S/c1-4-16-13-26-22(14-25-16)28-8-5-17(6-9-28)29-10-7-19(23(29)30)27-20-11-15(2)21(12-18(20)24)33(3,31)32/h11-14,17,19,27H,4-10H2,1-3H3. The minimum atomic E-state index is -3.52. The quantitative estimate of drug-likeness (QED) is 0.686. The number of aryl methyl sites for hydroxylation is 2. The third-order valence-corrected chi connectivity index (χ3v) is 7.76. The lowest BCUT2D eigenvalue weighted by Gasteiger charge is -2.37. The average molecular weight is 476 g/mol. The number of rotatable bonds is 6. The number of sulfone groups is 1. The van der Waals surface area contributed by atoms with Gasteiger partial charge in [-0.1, -0.05) is 6.92 Å². The lowest BCUT2D eigenvalue weighted by Crippen LogP contribution is -2.47. The van der Waals surface area contributed by atoms with Crippen molar-refractivity contribution in [3.8, 4) is 0 Å². The highest BCUT2D eigenvalue weighted by Gasteiger charge is 2.37. The highest BCUT2D eigenvalue weighted by Crippen LogP contribution is 2.28. The van der Waals surface area contributed by atoms with Gasteiger partial charge in [-0.2, -0.15) is 0 Å². The smallest absolute Gasteiger partial charge is 0.245 e. The highest BCUT2D eigenvalue weighted by atomic mass is 32.2. The number of hydrogen-bond donors (Lipinski definition) is 1. The van der Waals surface area contributed by atoms with Crippen molar-refractivity contribution in [2.75, 3.05) is 36.1 Å². The van der Waals surface area contributed by atoms with Crippen LogP contribution in [0.5, 0.6) is 0 Å². The molecule has 2 aliphatic heterocycles. The maximum atomic E-state index is 14.6. The lowest BCUT2D eigenvalue weighted by molar-refractivity contribution is -0.130. The molecule has 1 atom stereocenters. The molecular formula is C23H30FN5O3S. The van der Waals surface area contributed by atoms with E-state index in [1.807, 2.05) is 24.2 Å². The Hall–Kier alpha value is -2.75. The molecule has 2 saturated heterocycles. The van der Waals surface area contributed by atoms with Crippen LogP contribution < -0.4 is 10.2 Å². The molecule has 1 aromatic heterocycles. The molecule has 1 N–H and O–H groups in total. The Balaban J connectivity index is 1.37. The predicted molar refractivity (Wildman–Crippen MR) is 125 cm³/mol. The van der Waals surface area contributed by atoms with Crippen LogP contribution in [0.2, 0.25) is 0 Å². The second-order valence-electron chi connectivity index (χ2n) is 8.82. The fourth-order valence-electron chi connectivity index (χ4n) is 4.66. The van der Waals surface area contributed by atoms with Crippen molar-refractivity contribution in [2.24, 2.45) is 0 Å². The Morgan fingerprint density at radius 2 is 1.85 bits per heavy atom. The van der Waals surface area contributed by atoms with Crippen molar-refractivity contribution < 1.29 is 17.6 Å². The third-order valence-electron chi connectivity index (χ3n) is 6.52. The van der Waals surface area contributed by atoms with E-state index in [0.29, 0.717) is 18.5 Å². The minimum absolute atomic E-state index is 0.0364. The molecule has 4 rings (SSSR count). The molecule has 0 saturated carbocycles. The summed E-state index contributed by atoms with van der Waals surface area (Å²) in [5.41, 5.74) is 1.57. The van der Waals surface area contributed by atoms with Gasteiger partial charge in [0.2, 0.25) is 5.91 Å². The van der Waals surface area contributed by atoms with Crippen molar-refractivity contribution in [1.29, 1.82) is 0 Å². The van der Waals surface area contributed by atoms with E-state index in [1.165, 1.54) is 6.07 Å². The van der Waals surface area contributed by atoms with Gasteiger partial charge in [-0.05, 0) is 50.3 Å². The molecule has 3 heterocycles. The van der Waals surface area contributed by atoms with Crippen molar-refractivity contribution >= 4 is 27.2 Å². The Morgan fingerprint density at radius 1 is 1.12 bits per heavy atom. The van der Waals surface area contributed by atoms with Crippen molar-refractivity contribution in [1.82, 2.24) is 14.9 Å². The minimum Gasteiger partial charge on any atom is -0.371 e. The summed E-state index contributed by atoms with van der Waals surface area (Å²) in [4.78, 5) is 26.0. The third kappa shape index (κ3) is 4.95. The van der Waals surface area contributed by atoms with Gasteiger partial charge in [0, 0.05) is 31.9 Å². The van der Waals surface area contributed by atoms with Gasteiger partial charge in [0.15, 0.2) is 9.84 Å². The van der Waals surface area contributed by atoms with Gasteiger partial charge in [-0.3, -0.25) is 9.78 Å². The number of amides is 1. The van der Waals surface area contributed by atoms with E-state index in [-0.39, 0.29) is 22.5 Å². The molecule has 0 aliphatic carbocycles. The number of carbonyl (C=O) groups is 1. The summed E-state index contributed by atoms with van der Waals surface area (Å²) < 4.78 is 38.2. The Kier molecular flexibility index (Phi) is 6.56. The number of hydrogen-bond acceptors (Lipinski definition) is 7. The second kappa shape index (κ2) is 9.24. The van der Waals surface area contributed by atoms with Crippen LogP contribution in [0.15, 0.2) is 29.4 Å². The van der Waals surface area contributed by atoms with Crippen molar-refractivity contribution in [2.45, 2.75) is 56.5 Å². The van der Waals surface area contributed by atoms with Crippen LogP contribution in [0.4, 0.5) is 15.9 Å². The summed E-state index contributed by atoms with van der Waals surface area (Å²) >= 11 is 0. The maximum Gasteiger partial charge on any atom is 0.245 e. The molecule has 2 fully saturated rings. The number of nitrogens with one attached hydrogen (secondary N) is 1. The molecule has 8 nitrogen and oxygen atoms in total. The molecule has 33 heavy (non-hydrogen) atoms. The van der Waals surface area contributed by atoms with E-state index in [1.54, 1.807) is 6.92 Å². The van der Waals surface area contributed by atoms with Crippen LogP contribution in [-0.4, -0.2) is 67.2 Å². The first kappa shape index (κ1) is 23.4. The summed E-state index contributed by atoms with van der Waals surface area (Å²) in [6.07, 6.45) is 7.79. The number of benzene rings is 1. The van der Waals surface area contributed by atoms with Crippen LogP contribution in [0, 0.1) is 12.7 Å². The van der Waals surface area contributed by atoms with Gasteiger partial charge in [0.1, 0.15) is 17.7 Å². The van der Waals surface area contributed by atoms with Gasteiger partial charge in [0.05, 0.1) is 28.7 Å². The van der Waals surface area contributed by atoms with Gasteiger partial charge >= 0.3 is 0 Å². The highest BCUT2D eigenvalue weighted by molar-refractivity contribution is 7.90. The zero-order valence-electron chi connectivity index (χ0n) is 19.2. The molecule has 1 unspecified atom stereocenters. The first-order valence-corrected chi connectivity index (χ1v) is 13.2. The number of aromatic nitrogens is 2. The first-order chi connectivity index (χ1) is 15.7. The Morgan fingerprint density at radius 3 is 2.45 bits per heavy atom. The second-order valence-corrected chi connectivity index (χ2v) is 10.8. The van der Waals surface area contributed by atoms with Crippen molar-refractivity contribution in [3.63, 3.8) is 0 Å². The summed E-state index contributed by atoms with van der Waals surface area (Å²) in [6, 6.07) is 2.11. The molecular weight excluding hydrogens is 445 g/mol. The molecule has 178 valence electrons. The van der Waals surface area contributed by atoms with Gasteiger partial charge in [0.25, 0.3) is 0 Å². The maximum absolute atomic E-state index is 14.6. The molecule has 10 heteroatoms. The Bertz CT molecular complexity index is 1130. The number of nitrogens with zero attached hydrogens (tertiary/aromatic N) is 4. The largest absolute Gasteiger partial charge is 0.371 e. The molecule has 0 radical (unpaired) electrons. The number of halogens is 1. The number of piperidine rings is 1. The van der Waals surface area contributed by atoms with Crippen LogP contribution in [0.25, 0.3) is 0 Å². The van der Waals surface area contributed by atoms with E-state index in [4.69, 9.17) is 0 Å². The zero-order chi connectivity index (χ0) is 23.8. The molecule has 0 spiro atoms. The van der Waals surface area contributed by atoms with E-state index in [2.05, 4.69) is 20.2 Å². The number of anilines is 2. The first-order valence-electron chi connectivity index (χ1n) is 11.3. The van der Waals surface area contributed by atoms with E-state index >= 15 is 0 Å². The van der Waals surface area contributed by atoms with Crippen LogP contribution in [0.1, 0.15) is 37.4 Å². The van der Waals surface area contributed by atoms with Gasteiger partial charge in [-0.15, -0.1) is 0 Å². The summed E-state index contributed by atoms with van der Waals surface area (Å²) in [5.74, 6) is 0.155. The van der Waals surface area contributed by atoms with Crippen molar-refractivity contribution in [3.05, 3.63) is 41.6 Å². The zero-order valence-corrected chi connectivity index (χ0v) is 20.0. The lowest BCUT2D eigenvalue weighted by atomic mass is 10.0. The van der Waals surface area contributed by atoms with Crippen LogP contribution in [0.3, 0.4) is 0 Å². The average Bonchev–Trinajstić information content (AvgIpc) is 3.15. The summed E-state index contributed by atoms with van der Waals surface area (Å²) in [7, 11) is -3.52. The molecule has 0 bridgehead atoms.